The molecule has 0 saturated heterocycles. The molecule has 1 unspecified atom stereocenters. The molecular formula is C10H15NO3. The van der Waals surface area contributed by atoms with Gasteiger partial charge in [0.2, 0.25) is 5.75 Å². The van der Waals surface area contributed by atoms with E-state index in [4.69, 9.17) is 4.74 Å². The molecule has 0 fully saturated rings. The Balaban J connectivity index is 3.16. The molecule has 0 saturated carbocycles. The predicted molar refractivity (Wildman–Crippen MR) is 53.8 cm³/mol. The van der Waals surface area contributed by atoms with Gasteiger partial charge >= 0.3 is 0 Å². The van der Waals surface area contributed by atoms with Gasteiger partial charge in [-0.25, -0.2) is 0 Å². The fourth-order valence-electron chi connectivity index (χ4n) is 1.19. The van der Waals surface area contributed by atoms with E-state index in [2.05, 4.69) is 5.32 Å². The summed E-state index contributed by atoms with van der Waals surface area (Å²) < 4.78 is 4.92. The van der Waals surface area contributed by atoms with Gasteiger partial charge in [-0.3, -0.25) is 0 Å². The molecule has 0 radical (unpaired) electrons. The summed E-state index contributed by atoms with van der Waals surface area (Å²) >= 11 is 0. The molecule has 0 aliphatic carbocycles. The number of rotatable bonds is 3. The van der Waals surface area contributed by atoms with Crippen LogP contribution in [0.2, 0.25) is 0 Å². The molecule has 0 aromatic heterocycles. The summed E-state index contributed by atoms with van der Waals surface area (Å²) in [6.07, 6.45) is 0. The van der Waals surface area contributed by atoms with Gasteiger partial charge in [-0.15, -0.1) is 0 Å². The number of methoxy groups -OCH3 is 1. The summed E-state index contributed by atoms with van der Waals surface area (Å²) in [4.78, 5) is 0. The lowest BCUT2D eigenvalue weighted by Crippen LogP contribution is -2.12. The van der Waals surface area contributed by atoms with Crippen molar-refractivity contribution in [1.29, 1.82) is 0 Å². The Morgan fingerprint density at radius 1 is 1.36 bits per heavy atom. The van der Waals surface area contributed by atoms with Gasteiger partial charge in [0.05, 0.1) is 7.11 Å². The smallest absolute Gasteiger partial charge is 0.200 e. The first-order chi connectivity index (χ1) is 6.60. The van der Waals surface area contributed by atoms with Gasteiger partial charge in [0, 0.05) is 6.04 Å². The predicted octanol–water partition coefficient (Wildman–Crippen LogP) is 1.39. The summed E-state index contributed by atoms with van der Waals surface area (Å²) in [5.74, 6) is -0.108. The highest BCUT2D eigenvalue weighted by molar-refractivity contribution is 5.52. The van der Waals surface area contributed by atoms with E-state index in [1.165, 1.54) is 13.2 Å². The van der Waals surface area contributed by atoms with Gasteiger partial charge in [0.1, 0.15) is 0 Å². The highest BCUT2D eigenvalue weighted by Crippen LogP contribution is 2.37. The number of nitrogens with one attached hydrogen (secondary N) is 1. The molecule has 3 N–H and O–H groups in total. The third kappa shape index (κ3) is 1.90. The van der Waals surface area contributed by atoms with Crippen LogP contribution in [0, 0.1) is 0 Å². The van der Waals surface area contributed by atoms with E-state index in [0.29, 0.717) is 0 Å². The monoisotopic (exact) mass is 197 g/mol. The first-order valence-corrected chi connectivity index (χ1v) is 4.37. The average Bonchev–Trinajstić information content (AvgIpc) is 2.20. The van der Waals surface area contributed by atoms with Crippen molar-refractivity contribution in [3.05, 3.63) is 17.7 Å². The van der Waals surface area contributed by atoms with Gasteiger partial charge in [-0.05, 0) is 31.7 Å². The van der Waals surface area contributed by atoms with Crippen LogP contribution in [-0.4, -0.2) is 24.4 Å². The Labute approximate surface area is 83.1 Å². The summed E-state index contributed by atoms with van der Waals surface area (Å²) in [5.41, 5.74) is 0.861. The van der Waals surface area contributed by atoms with E-state index < -0.39 is 0 Å². The lowest BCUT2D eigenvalue weighted by atomic mass is 10.1. The molecule has 4 nitrogen and oxygen atoms in total. The first-order valence-electron chi connectivity index (χ1n) is 4.37. The summed E-state index contributed by atoms with van der Waals surface area (Å²) in [7, 11) is 3.27. The fraction of sp³-hybridized carbons (Fsp3) is 0.400. The molecule has 0 amide bonds. The van der Waals surface area contributed by atoms with E-state index in [9.17, 15) is 10.2 Å². The SMILES string of the molecule is CNC(C)c1cc(O)c(O)c(OC)c1. The third-order valence-electron chi connectivity index (χ3n) is 2.23. The Morgan fingerprint density at radius 2 is 2.00 bits per heavy atom. The maximum Gasteiger partial charge on any atom is 0.200 e. The quantitative estimate of drug-likeness (QED) is 0.641. The van der Waals surface area contributed by atoms with Crippen molar-refractivity contribution >= 4 is 0 Å². The Kier molecular flexibility index (Phi) is 3.19. The Morgan fingerprint density at radius 3 is 2.50 bits per heavy atom. The van der Waals surface area contributed by atoms with Crippen molar-refractivity contribution in [3.63, 3.8) is 0 Å². The molecule has 1 rings (SSSR count). The minimum atomic E-state index is -0.223. The van der Waals surface area contributed by atoms with Crippen molar-refractivity contribution in [2.45, 2.75) is 13.0 Å². The van der Waals surface area contributed by atoms with E-state index in [1.54, 1.807) is 6.07 Å². The minimum Gasteiger partial charge on any atom is -0.504 e. The topological polar surface area (TPSA) is 61.7 Å². The van der Waals surface area contributed by atoms with Crippen molar-refractivity contribution in [1.82, 2.24) is 5.32 Å². The average molecular weight is 197 g/mol. The van der Waals surface area contributed by atoms with Crippen molar-refractivity contribution < 1.29 is 14.9 Å². The number of hydrogen-bond acceptors (Lipinski definition) is 4. The van der Waals surface area contributed by atoms with Crippen LogP contribution in [-0.2, 0) is 0 Å². The zero-order valence-corrected chi connectivity index (χ0v) is 8.53. The van der Waals surface area contributed by atoms with E-state index in [-0.39, 0.29) is 23.3 Å². The zero-order chi connectivity index (χ0) is 10.7. The number of benzene rings is 1. The van der Waals surface area contributed by atoms with Crippen LogP contribution in [0.25, 0.3) is 0 Å². The first kappa shape index (κ1) is 10.7. The standard InChI is InChI=1S/C10H15NO3/c1-6(11-2)7-4-8(12)10(13)9(5-7)14-3/h4-6,11-13H,1-3H3. The van der Waals surface area contributed by atoms with Crippen LogP contribution in [0.1, 0.15) is 18.5 Å². The highest BCUT2D eigenvalue weighted by Gasteiger charge is 2.12. The molecule has 1 atom stereocenters. The van der Waals surface area contributed by atoms with Gasteiger partial charge in [0.15, 0.2) is 11.5 Å². The number of ether oxygens (including phenoxy) is 1. The second-order valence-corrected chi connectivity index (χ2v) is 3.10. The molecule has 0 heterocycles. The number of phenols is 2. The molecule has 14 heavy (non-hydrogen) atoms. The van der Waals surface area contributed by atoms with Crippen LogP contribution in [0.15, 0.2) is 12.1 Å². The van der Waals surface area contributed by atoms with Gasteiger partial charge < -0.3 is 20.3 Å². The maximum absolute atomic E-state index is 9.40. The molecule has 1 aromatic rings. The zero-order valence-electron chi connectivity index (χ0n) is 8.53. The van der Waals surface area contributed by atoms with Gasteiger partial charge in [0.25, 0.3) is 0 Å². The highest BCUT2D eigenvalue weighted by atomic mass is 16.5. The normalized spacial score (nSPS) is 12.5. The number of hydrogen-bond donors (Lipinski definition) is 3. The second-order valence-electron chi connectivity index (χ2n) is 3.10. The summed E-state index contributed by atoms with van der Waals surface area (Å²) in [5, 5.41) is 21.8. The molecule has 1 aromatic carbocycles. The molecule has 0 aliphatic rings. The molecular weight excluding hydrogens is 182 g/mol. The lowest BCUT2D eigenvalue weighted by Gasteiger charge is -2.13. The molecule has 4 heteroatoms. The van der Waals surface area contributed by atoms with Crippen LogP contribution < -0.4 is 10.1 Å². The fourth-order valence-corrected chi connectivity index (χ4v) is 1.19. The van der Waals surface area contributed by atoms with Crippen LogP contribution in [0.5, 0.6) is 17.2 Å². The van der Waals surface area contributed by atoms with Gasteiger partial charge in [-0.2, -0.15) is 0 Å². The second kappa shape index (κ2) is 4.19. The Bertz CT molecular complexity index is 325. The largest absolute Gasteiger partial charge is 0.504 e. The lowest BCUT2D eigenvalue weighted by molar-refractivity contribution is 0.349. The van der Waals surface area contributed by atoms with Crippen LogP contribution in [0.3, 0.4) is 0 Å². The summed E-state index contributed by atoms with van der Waals surface area (Å²) in [6, 6.07) is 3.30. The van der Waals surface area contributed by atoms with E-state index in [0.717, 1.165) is 5.56 Å². The Hall–Kier alpha value is -1.42. The van der Waals surface area contributed by atoms with Gasteiger partial charge in [-0.1, -0.05) is 0 Å². The molecule has 78 valence electrons. The number of aromatic hydroxyl groups is 2. The van der Waals surface area contributed by atoms with Crippen molar-refractivity contribution in [2.24, 2.45) is 0 Å². The number of phenolic OH excluding ortho intramolecular Hbond substituents is 2. The van der Waals surface area contributed by atoms with Crippen LogP contribution in [0.4, 0.5) is 0 Å². The minimum absolute atomic E-state index is 0.0930. The third-order valence-corrected chi connectivity index (χ3v) is 2.23. The van der Waals surface area contributed by atoms with Crippen LogP contribution >= 0.6 is 0 Å². The van der Waals surface area contributed by atoms with Crippen molar-refractivity contribution in [2.75, 3.05) is 14.2 Å². The molecule has 0 aliphatic heterocycles. The maximum atomic E-state index is 9.40. The van der Waals surface area contributed by atoms with E-state index in [1.807, 2.05) is 14.0 Å². The van der Waals surface area contributed by atoms with Crippen molar-refractivity contribution in [3.8, 4) is 17.2 Å². The van der Waals surface area contributed by atoms with E-state index >= 15 is 0 Å². The summed E-state index contributed by atoms with van der Waals surface area (Å²) in [6.45, 7) is 1.95. The molecule has 0 spiro atoms. The molecule has 0 bridgehead atoms.